The summed E-state index contributed by atoms with van der Waals surface area (Å²) in [4.78, 5) is 31.3. The average molecular weight is 384 g/mol. The van der Waals surface area contributed by atoms with Crippen molar-refractivity contribution < 1.29 is 27.8 Å². The van der Waals surface area contributed by atoms with Crippen molar-refractivity contribution in [3.05, 3.63) is 40.7 Å². The number of hydrogen-bond donors (Lipinski definition) is 2. The Morgan fingerprint density at radius 1 is 1.33 bits per heavy atom. The highest BCUT2D eigenvalue weighted by molar-refractivity contribution is 6.00. The SMILES string of the molecule is COCCOC(=O)c1c(C)[nH]c(C(=O)NCCc2nccn2C(F)F)c1C. The van der Waals surface area contributed by atoms with Crippen LogP contribution in [0, 0.1) is 13.8 Å². The molecule has 8 nitrogen and oxygen atoms in total. The molecule has 2 heterocycles. The first-order chi connectivity index (χ1) is 12.9. The molecule has 2 rings (SSSR count). The lowest BCUT2D eigenvalue weighted by Crippen LogP contribution is -2.27. The van der Waals surface area contributed by atoms with Crippen LogP contribution in [0.5, 0.6) is 0 Å². The molecule has 2 aromatic heterocycles. The molecular weight excluding hydrogens is 362 g/mol. The second-order valence-corrected chi connectivity index (χ2v) is 5.79. The number of carbonyl (C=O) groups is 2. The van der Waals surface area contributed by atoms with Gasteiger partial charge in [-0.05, 0) is 19.4 Å². The smallest absolute Gasteiger partial charge is 0.340 e. The van der Waals surface area contributed by atoms with E-state index in [1.54, 1.807) is 13.8 Å². The Hall–Kier alpha value is -2.75. The molecule has 0 aliphatic heterocycles. The van der Waals surface area contributed by atoms with Gasteiger partial charge in [-0.15, -0.1) is 0 Å². The number of hydrogen-bond acceptors (Lipinski definition) is 5. The summed E-state index contributed by atoms with van der Waals surface area (Å²) in [6.07, 6.45) is 2.61. The third-order valence-electron chi connectivity index (χ3n) is 3.98. The number of halogens is 2. The van der Waals surface area contributed by atoms with Crippen LogP contribution in [0.3, 0.4) is 0 Å². The number of aromatic nitrogens is 3. The summed E-state index contributed by atoms with van der Waals surface area (Å²) in [6.45, 7) is 1.12. The van der Waals surface area contributed by atoms with E-state index in [1.165, 1.54) is 19.5 Å². The number of aryl methyl sites for hydroxylation is 1. The summed E-state index contributed by atoms with van der Waals surface area (Å²) in [5, 5.41) is 2.64. The minimum absolute atomic E-state index is 0.109. The van der Waals surface area contributed by atoms with Crippen molar-refractivity contribution in [3.63, 3.8) is 0 Å². The molecule has 0 aliphatic rings. The zero-order chi connectivity index (χ0) is 20.0. The molecule has 0 unspecified atom stereocenters. The number of carbonyl (C=O) groups excluding carboxylic acids is 2. The summed E-state index contributed by atoms with van der Waals surface area (Å²) in [6, 6.07) is 0. The van der Waals surface area contributed by atoms with Crippen LogP contribution in [-0.4, -0.2) is 53.3 Å². The summed E-state index contributed by atoms with van der Waals surface area (Å²) < 4.78 is 36.2. The van der Waals surface area contributed by atoms with E-state index in [0.717, 1.165) is 4.57 Å². The molecule has 0 bridgehead atoms. The number of H-pyrrole nitrogens is 1. The third-order valence-corrected chi connectivity index (χ3v) is 3.98. The van der Waals surface area contributed by atoms with Gasteiger partial charge in [0.2, 0.25) is 0 Å². The maximum Gasteiger partial charge on any atom is 0.340 e. The zero-order valence-electron chi connectivity index (χ0n) is 15.3. The lowest BCUT2D eigenvalue weighted by molar-refractivity contribution is 0.0386. The fourth-order valence-electron chi connectivity index (χ4n) is 2.66. The maximum atomic E-state index is 12.8. The van der Waals surface area contributed by atoms with Gasteiger partial charge in [0.25, 0.3) is 5.91 Å². The van der Waals surface area contributed by atoms with E-state index in [9.17, 15) is 18.4 Å². The van der Waals surface area contributed by atoms with Crippen molar-refractivity contribution in [1.82, 2.24) is 19.9 Å². The van der Waals surface area contributed by atoms with Gasteiger partial charge in [-0.25, -0.2) is 9.78 Å². The molecule has 10 heteroatoms. The first-order valence-electron chi connectivity index (χ1n) is 8.30. The highest BCUT2D eigenvalue weighted by Gasteiger charge is 2.23. The van der Waals surface area contributed by atoms with E-state index in [-0.39, 0.29) is 37.7 Å². The highest BCUT2D eigenvalue weighted by Crippen LogP contribution is 2.19. The van der Waals surface area contributed by atoms with Crippen molar-refractivity contribution in [1.29, 1.82) is 0 Å². The molecule has 0 atom stereocenters. The predicted molar refractivity (Wildman–Crippen MR) is 91.9 cm³/mol. The Kier molecular flexibility index (Phi) is 7.05. The van der Waals surface area contributed by atoms with E-state index < -0.39 is 18.4 Å². The first-order valence-corrected chi connectivity index (χ1v) is 8.30. The van der Waals surface area contributed by atoms with E-state index in [0.29, 0.717) is 16.8 Å². The molecule has 2 aromatic rings. The zero-order valence-corrected chi connectivity index (χ0v) is 15.3. The van der Waals surface area contributed by atoms with Crippen LogP contribution >= 0.6 is 0 Å². The van der Waals surface area contributed by atoms with Gasteiger partial charge in [-0.2, -0.15) is 8.78 Å². The second-order valence-electron chi connectivity index (χ2n) is 5.79. The molecule has 0 radical (unpaired) electrons. The molecule has 0 spiro atoms. The summed E-state index contributed by atoms with van der Waals surface area (Å²) >= 11 is 0. The number of nitrogens with one attached hydrogen (secondary N) is 2. The monoisotopic (exact) mass is 384 g/mol. The Balaban J connectivity index is 1.99. The molecule has 0 aliphatic carbocycles. The number of amides is 1. The van der Waals surface area contributed by atoms with Crippen molar-refractivity contribution >= 4 is 11.9 Å². The normalized spacial score (nSPS) is 11.0. The number of esters is 1. The molecule has 148 valence electrons. The van der Waals surface area contributed by atoms with E-state index in [4.69, 9.17) is 9.47 Å². The Bertz CT molecular complexity index is 801. The van der Waals surface area contributed by atoms with Crippen molar-refractivity contribution in [3.8, 4) is 0 Å². The minimum atomic E-state index is -2.68. The van der Waals surface area contributed by atoms with Crippen LogP contribution in [0.1, 0.15) is 44.5 Å². The fourth-order valence-corrected chi connectivity index (χ4v) is 2.66. The largest absolute Gasteiger partial charge is 0.460 e. The summed E-state index contributed by atoms with van der Waals surface area (Å²) in [5.74, 6) is -0.815. The quantitative estimate of drug-likeness (QED) is 0.509. The molecule has 0 aromatic carbocycles. The average Bonchev–Trinajstić information content (AvgIpc) is 3.19. The number of ether oxygens (including phenoxy) is 2. The molecule has 1 amide bonds. The number of nitrogens with zero attached hydrogens (tertiary/aromatic N) is 2. The third kappa shape index (κ3) is 4.91. The van der Waals surface area contributed by atoms with Gasteiger partial charge in [-0.3, -0.25) is 9.36 Å². The Labute approximate surface area is 154 Å². The van der Waals surface area contributed by atoms with Crippen molar-refractivity contribution in [2.24, 2.45) is 0 Å². The lowest BCUT2D eigenvalue weighted by Gasteiger charge is -2.08. The summed E-state index contributed by atoms with van der Waals surface area (Å²) in [5.41, 5.74) is 1.49. The number of aromatic amines is 1. The molecule has 27 heavy (non-hydrogen) atoms. The lowest BCUT2D eigenvalue weighted by atomic mass is 10.1. The van der Waals surface area contributed by atoms with Gasteiger partial charge >= 0.3 is 12.5 Å². The highest BCUT2D eigenvalue weighted by atomic mass is 19.3. The number of imidazole rings is 1. The van der Waals surface area contributed by atoms with Crippen LogP contribution in [0.2, 0.25) is 0 Å². The topological polar surface area (TPSA) is 98.2 Å². The Morgan fingerprint density at radius 2 is 2.07 bits per heavy atom. The first kappa shape index (κ1) is 20.6. The number of rotatable bonds is 9. The predicted octanol–water partition coefficient (Wildman–Crippen LogP) is 2.00. The number of alkyl halides is 2. The van der Waals surface area contributed by atoms with Gasteiger partial charge in [0, 0.05) is 38.2 Å². The van der Waals surface area contributed by atoms with Crippen LogP contribution in [-0.2, 0) is 15.9 Å². The van der Waals surface area contributed by atoms with Gasteiger partial charge in [0.15, 0.2) is 0 Å². The minimum Gasteiger partial charge on any atom is -0.460 e. The van der Waals surface area contributed by atoms with Crippen LogP contribution < -0.4 is 5.32 Å². The standard InChI is InChI=1S/C17H22F2N4O4/c1-10-13(16(25)27-9-8-26-3)11(2)22-14(10)15(24)21-5-4-12-20-6-7-23(12)17(18)19/h6-7,17,22H,4-5,8-9H2,1-3H3,(H,21,24). The van der Waals surface area contributed by atoms with Crippen molar-refractivity contribution in [2.75, 3.05) is 26.9 Å². The van der Waals surface area contributed by atoms with E-state index in [2.05, 4.69) is 15.3 Å². The van der Waals surface area contributed by atoms with E-state index in [1.807, 2.05) is 0 Å². The van der Waals surface area contributed by atoms with E-state index >= 15 is 0 Å². The van der Waals surface area contributed by atoms with Gasteiger partial charge in [0.05, 0.1) is 12.2 Å². The summed E-state index contributed by atoms with van der Waals surface area (Å²) in [7, 11) is 1.50. The second kappa shape index (κ2) is 9.26. The molecule has 0 saturated carbocycles. The van der Waals surface area contributed by atoms with Crippen LogP contribution in [0.15, 0.2) is 12.4 Å². The van der Waals surface area contributed by atoms with Gasteiger partial charge in [0.1, 0.15) is 18.1 Å². The molecule has 2 N–H and O–H groups in total. The number of methoxy groups -OCH3 is 1. The van der Waals surface area contributed by atoms with Crippen LogP contribution in [0.4, 0.5) is 8.78 Å². The Morgan fingerprint density at radius 3 is 2.74 bits per heavy atom. The van der Waals surface area contributed by atoms with Gasteiger partial charge < -0.3 is 19.8 Å². The van der Waals surface area contributed by atoms with Crippen molar-refractivity contribution in [2.45, 2.75) is 26.8 Å². The fraction of sp³-hybridized carbons (Fsp3) is 0.471. The molecular formula is C17H22F2N4O4. The molecule has 0 saturated heterocycles. The van der Waals surface area contributed by atoms with Crippen LogP contribution in [0.25, 0.3) is 0 Å². The van der Waals surface area contributed by atoms with Gasteiger partial charge in [-0.1, -0.05) is 0 Å². The molecule has 0 fully saturated rings. The maximum absolute atomic E-state index is 12.8.